The lowest BCUT2D eigenvalue weighted by Gasteiger charge is -2.30. The number of rotatable bonds is 9. The van der Waals surface area contributed by atoms with Gasteiger partial charge in [0.05, 0.1) is 20.1 Å². The summed E-state index contributed by atoms with van der Waals surface area (Å²) in [6, 6.07) is 18.3. The first-order valence-electron chi connectivity index (χ1n) is 10.8. The maximum absolute atomic E-state index is 13.2. The SMILES string of the molecule is C[N+]1(CCc2ccccc2)CC[C@@H](OC(=O)C(O)(Cc2cccs2)Cc2cccs2)C1. The Morgan fingerprint density at radius 2 is 1.71 bits per heavy atom. The smallest absolute Gasteiger partial charge is 0.339 e. The fourth-order valence-corrected chi connectivity index (χ4v) is 5.97. The van der Waals surface area contributed by atoms with Crippen LogP contribution in [-0.4, -0.2) is 53.9 Å². The number of hydrogen-bond donors (Lipinski definition) is 1. The number of aliphatic hydroxyl groups is 1. The van der Waals surface area contributed by atoms with Crippen molar-refractivity contribution in [3.05, 3.63) is 80.7 Å². The van der Waals surface area contributed by atoms with Crippen molar-refractivity contribution >= 4 is 28.6 Å². The zero-order valence-electron chi connectivity index (χ0n) is 17.9. The first-order valence-corrected chi connectivity index (χ1v) is 12.6. The van der Waals surface area contributed by atoms with E-state index in [1.807, 2.05) is 41.1 Å². The van der Waals surface area contributed by atoms with E-state index in [1.165, 1.54) is 5.56 Å². The summed E-state index contributed by atoms with van der Waals surface area (Å²) >= 11 is 3.12. The van der Waals surface area contributed by atoms with Crippen molar-refractivity contribution in [3.63, 3.8) is 0 Å². The maximum atomic E-state index is 13.2. The first-order chi connectivity index (χ1) is 14.9. The van der Waals surface area contributed by atoms with Crippen molar-refractivity contribution in [2.75, 3.05) is 26.7 Å². The molecule has 0 saturated carbocycles. The van der Waals surface area contributed by atoms with Crippen molar-refractivity contribution < 1.29 is 19.1 Å². The summed E-state index contributed by atoms with van der Waals surface area (Å²) in [6.07, 6.45) is 2.28. The van der Waals surface area contributed by atoms with Gasteiger partial charge in [-0.2, -0.15) is 0 Å². The lowest BCUT2D eigenvalue weighted by Crippen LogP contribution is -2.47. The molecule has 1 fully saturated rings. The van der Waals surface area contributed by atoms with Crippen LogP contribution in [0.2, 0.25) is 0 Å². The molecule has 0 amide bonds. The minimum Gasteiger partial charge on any atom is -0.454 e. The van der Waals surface area contributed by atoms with E-state index in [2.05, 4.69) is 31.3 Å². The largest absolute Gasteiger partial charge is 0.454 e. The second-order valence-corrected chi connectivity index (χ2v) is 10.9. The van der Waals surface area contributed by atoms with E-state index in [0.29, 0.717) is 0 Å². The van der Waals surface area contributed by atoms with Crippen LogP contribution in [0.15, 0.2) is 65.4 Å². The number of carbonyl (C=O) groups is 1. The molecule has 1 N–H and O–H groups in total. The van der Waals surface area contributed by atoms with Gasteiger partial charge in [-0.05, 0) is 28.5 Å². The van der Waals surface area contributed by atoms with Crippen LogP contribution in [0.5, 0.6) is 0 Å². The fourth-order valence-electron chi connectivity index (χ4n) is 4.34. The van der Waals surface area contributed by atoms with Gasteiger partial charge in [-0.25, -0.2) is 4.79 Å². The Bertz CT molecular complexity index is 920. The average Bonchev–Trinajstić information content (AvgIpc) is 3.51. The highest BCUT2D eigenvalue weighted by Gasteiger charge is 2.43. The van der Waals surface area contributed by atoms with Gasteiger partial charge in [0.2, 0.25) is 0 Å². The normalized spacial score (nSPS) is 21.3. The maximum Gasteiger partial charge on any atom is 0.339 e. The Morgan fingerprint density at radius 3 is 2.29 bits per heavy atom. The summed E-state index contributed by atoms with van der Waals surface area (Å²) in [6.45, 7) is 2.80. The van der Waals surface area contributed by atoms with Crippen LogP contribution < -0.4 is 0 Å². The molecule has 4 nitrogen and oxygen atoms in total. The van der Waals surface area contributed by atoms with Crippen LogP contribution in [-0.2, 0) is 28.8 Å². The zero-order valence-corrected chi connectivity index (χ0v) is 19.5. The van der Waals surface area contributed by atoms with Crippen molar-refractivity contribution in [1.29, 1.82) is 0 Å². The molecule has 1 aliphatic heterocycles. The Balaban J connectivity index is 1.38. The molecule has 164 valence electrons. The Labute approximate surface area is 192 Å². The molecule has 0 spiro atoms. The van der Waals surface area contributed by atoms with Gasteiger partial charge in [-0.15, -0.1) is 22.7 Å². The predicted octanol–water partition coefficient (Wildman–Crippen LogP) is 4.33. The summed E-state index contributed by atoms with van der Waals surface area (Å²) < 4.78 is 6.82. The molecular weight excluding hydrogens is 426 g/mol. The highest BCUT2D eigenvalue weighted by Crippen LogP contribution is 2.28. The Kier molecular flexibility index (Phi) is 6.92. The molecule has 6 heteroatoms. The third-order valence-corrected chi connectivity index (χ3v) is 7.92. The molecule has 1 aliphatic rings. The number of quaternary nitrogens is 1. The van der Waals surface area contributed by atoms with E-state index in [-0.39, 0.29) is 18.9 Å². The van der Waals surface area contributed by atoms with Crippen LogP contribution >= 0.6 is 22.7 Å². The van der Waals surface area contributed by atoms with Gasteiger partial charge in [0.1, 0.15) is 6.54 Å². The van der Waals surface area contributed by atoms with E-state index in [4.69, 9.17) is 4.74 Å². The van der Waals surface area contributed by atoms with Gasteiger partial charge in [-0.1, -0.05) is 42.5 Å². The molecule has 31 heavy (non-hydrogen) atoms. The number of carbonyl (C=O) groups excluding carboxylic acids is 1. The van der Waals surface area contributed by atoms with Crippen molar-refractivity contribution in [1.82, 2.24) is 0 Å². The molecule has 0 bridgehead atoms. The molecule has 0 aliphatic carbocycles. The number of thiophene rings is 2. The summed E-state index contributed by atoms with van der Waals surface area (Å²) in [4.78, 5) is 15.2. The first kappa shape index (κ1) is 22.2. The molecule has 1 saturated heterocycles. The van der Waals surface area contributed by atoms with Crippen molar-refractivity contribution in [3.8, 4) is 0 Å². The number of hydrogen-bond acceptors (Lipinski definition) is 5. The summed E-state index contributed by atoms with van der Waals surface area (Å²) in [5.74, 6) is -0.490. The van der Waals surface area contributed by atoms with Gasteiger partial charge in [0, 0.05) is 35.4 Å². The van der Waals surface area contributed by atoms with Crippen LogP contribution in [0.1, 0.15) is 21.7 Å². The van der Waals surface area contributed by atoms with Gasteiger partial charge < -0.3 is 14.3 Å². The van der Waals surface area contributed by atoms with Crippen molar-refractivity contribution in [2.24, 2.45) is 0 Å². The second-order valence-electron chi connectivity index (χ2n) is 8.84. The van der Waals surface area contributed by atoms with Gasteiger partial charge in [-0.3, -0.25) is 0 Å². The van der Waals surface area contributed by atoms with E-state index >= 15 is 0 Å². The lowest BCUT2D eigenvalue weighted by molar-refractivity contribution is -0.898. The number of benzene rings is 1. The third kappa shape index (κ3) is 5.83. The molecule has 4 rings (SSSR count). The minimum absolute atomic E-state index is 0.147. The summed E-state index contributed by atoms with van der Waals surface area (Å²) in [7, 11) is 2.24. The number of likely N-dealkylation sites (N-methyl/N-ethyl adjacent to an activating group) is 1. The summed E-state index contributed by atoms with van der Waals surface area (Å²) in [5.41, 5.74) is -0.199. The molecule has 3 heterocycles. The van der Waals surface area contributed by atoms with Crippen LogP contribution in [0.4, 0.5) is 0 Å². The van der Waals surface area contributed by atoms with Gasteiger partial charge in [0.15, 0.2) is 11.7 Å². The van der Waals surface area contributed by atoms with E-state index in [1.54, 1.807) is 22.7 Å². The molecule has 2 atom stereocenters. The predicted molar refractivity (Wildman–Crippen MR) is 126 cm³/mol. The van der Waals surface area contributed by atoms with Crippen LogP contribution in [0.3, 0.4) is 0 Å². The van der Waals surface area contributed by atoms with Gasteiger partial charge in [0.25, 0.3) is 0 Å². The molecule has 1 unspecified atom stereocenters. The number of esters is 1. The van der Waals surface area contributed by atoms with Crippen molar-refractivity contribution in [2.45, 2.75) is 37.4 Å². The number of ether oxygens (including phenoxy) is 1. The van der Waals surface area contributed by atoms with Crippen LogP contribution in [0.25, 0.3) is 0 Å². The van der Waals surface area contributed by atoms with Gasteiger partial charge >= 0.3 is 5.97 Å². The Hall–Kier alpha value is -1.99. The molecule has 2 aromatic heterocycles. The Morgan fingerprint density at radius 1 is 1.06 bits per heavy atom. The van der Waals surface area contributed by atoms with E-state index in [9.17, 15) is 9.90 Å². The van der Waals surface area contributed by atoms with E-state index in [0.717, 1.165) is 46.7 Å². The number of likely N-dealkylation sites (tertiary alicyclic amines) is 1. The second kappa shape index (κ2) is 9.65. The number of nitrogens with zero attached hydrogens (tertiary/aromatic N) is 1. The molecular formula is C25H30NO3S2+. The quantitative estimate of drug-likeness (QED) is 0.385. The monoisotopic (exact) mass is 456 g/mol. The topological polar surface area (TPSA) is 46.5 Å². The van der Waals surface area contributed by atoms with E-state index < -0.39 is 11.6 Å². The highest BCUT2D eigenvalue weighted by molar-refractivity contribution is 7.10. The molecule has 3 aromatic rings. The third-order valence-electron chi connectivity index (χ3n) is 6.17. The summed E-state index contributed by atoms with van der Waals surface area (Å²) in [5, 5.41) is 15.3. The lowest BCUT2D eigenvalue weighted by atomic mass is 9.93. The average molecular weight is 457 g/mol. The minimum atomic E-state index is -1.54. The highest BCUT2D eigenvalue weighted by atomic mass is 32.1. The standard InChI is InChI=1S/C25H30NO3S2/c1-26(13-11-20-7-3-2-4-8-20)14-12-21(19-26)29-24(27)25(28,17-22-9-5-15-30-22)18-23-10-6-16-31-23/h2-10,15-16,21,28H,11-14,17-19H2,1H3/q+1/t21-,26?/m1/s1. The molecule has 1 aromatic carbocycles. The van der Waals surface area contributed by atoms with Crippen LogP contribution in [0, 0.1) is 0 Å². The zero-order chi connectivity index (χ0) is 21.7. The molecule has 0 radical (unpaired) electrons. The fraction of sp³-hybridized carbons (Fsp3) is 0.400.